The van der Waals surface area contributed by atoms with Gasteiger partial charge < -0.3 is 13.3 Å². The van der Waals surface area contributed by atoms with Crippen LogP contribution in [0.1, 0.15) is 0 Å². The smallest absolute Gasteiger partial charge is 0.145 e. The topological polar surface area (TPSA) is 39.4 Å². The van der Waals surface area contributed by atoms with E-state index < -0.39 is 0 Å². The largest absolute Gasteiger partial charge is 0.471 e. The molecule has 90 valence electrons. The molecule has 3 heteroatoms. The number of hydrogen-bond donors (Lipinski definition) is 0. The summed E-state index contributed by atoms with van der Waals surface area (Å²) in [6, 6.07) is 6.27. The van der Waals surface area contributed by atoms with Gasteiger partial charge in [0.05, 0.1) is 30.4 Å². The molecule has 5 aromatic rings. The minimum atomic E-state index is 0.874. The van der Waals surface area contributed by atoms with Gasteiger partial charge in [0.15, 0.2) is 0 Å². The zero-order chi connectivity index (χ0) is 12.4. The SMILES string of the molecule is c1cc2c3cc4cocc4cc3c3cocc3c2o1. The van der Waals surface area contributed by atoms with E-state index in [4.69, 9.17) is 13.3 Å². The lowest BCUT2D eigenvalue weighted by Crippen LogP contribution is -1.77. The van der Waals surface area contributed by atoms with Gasteiger partial charge in [-0.1, -0.05) is 0 Å². The van der Waals surface area contributed by atoms with Crippen molar-refractivity contribution in [2.24, 2.45) is 0 Å². The Kier molecular flexibility index (Phi) is 1.47. The van der Waals surface area contributed by atoms with Crippen LogP contribution in [0.5, 0.6) is 0 Å². The second kappa shape index (κ2) is 3.01. The van der Waals surface area contributed by atoms with E-state index in [0.717, 1.165) is 43.3 Å². The van der Waals surface area contributed by atoms with Crippen molar-refractivity contribution < 1.29 is 13.3 Å². The zero-order valence-electron chi connectivity index (χ0n) is 9.84. The molecule has 0 saturated heterocycles. The van der Waals surface area contributed by atoms with Gasteiger partial charge in [-0.3, -0.25) is 0 Å². The molecule has 19 heavy (non-hydrogen) atoms. The van der Waals surface area contributed by atoms with Crippen molar-refractivity contribution in [2.45, 2.75) is 0 Å². The predicted octanol–water partition coefficient (Wildman–Crippen LogP) is 5.08. The first kappa shape index (κ1) is 9.28. The Labute approximate surface area is 107 Å². The number of furan rings is 3. The molecule has 0 aliphatic carbocycles. The van der Waals surface area contributed by atoms with Gasteiger partial charge in [0.25, 0.3) is 0 Å². The van der Waals surface area contributed by atoms with Crippen LogP contribution in [0.3, 0.4) is 0 Å². The molecule has 0 amide bonds. The van der Waals surface area contributed by atoms with Crippen molar-refractivity contribution in [1.82, 2.24) is 0 Å². The average Bonchev–Trinajstić information content (AvgIpc) is 3.15. The number of benzene rings is 2. The predicted molar refractivity (Wildman–Crippen MR) is 73.3 cm³/mol. The lowest BCUT2D eigenvalue weighted by Gasteiger charge is -2.02. The zero-order valence-corrected chi connectivity index (χ0v) is 9.84. The van der Waals surface area contributed by atoms with Crippen LogP contribution in [-0.2, 0) is 0 Å². The first-order chi connectivity index (χ1) is 9.42. The normalized spacial score (nSPS) is 12.2. The number of rotatable bonds is 0. The molecule has 0 aliphatic heterocycles. The molecule has 3 aromatic heterocycles. The van der Waals surface area contributed by atoms with E-state index in [0.29, 0.717) is 0 Å². The third-order valence-electron chi connectivity index (χ3n) is 3.77. The molecule has 0 aliphatic rings. The van der Waals surface area contributed by atoms with E-state index in [9.17, 15) is 0 Å². The Morgan fingerprint density at radius 3 is 2.16 bits per heavy atom. The third-order valence-corrected chi connectivity index (χ3v) is 3.77. The van der Waals surface area contributed by atoms with Crippen molar-refractivity contribution in [3.8, 4) is 0 Å². The monoisotopic (exact) mass is 248 g/mol. The highest BCUT2D eigenvalue weighted by molar-refractivity contribution is 6.25. The summed E-state index contributed by atoms with van der Waals surface area (Å²) in [6.45, 7) is 0. The molecule has 0 radical (unpaired) electrons. The van der Waals surface area contributed by atoms with Gasteiger partial charge in [-0.25, -0.2) is 0 Å². The van der Waals surface area contributed by atoms with Gasteiger partial charge >= 0.3 is 0 Å². The molecule has 3 heterocycles. The van der Waals surface area contributed by atoms with Gasteiger partial charge in [-0.15, -0.1) is 0 Å². The lowest BCUT2D eigenvalue weighted by atomic mass is 9.99. The maximum atomic E-state index is 5.61. The Hall–Kier alpha value is -2.68. The van der Waals surface area contributed by atoms with E-state index in [1.54, 1.807) is 31.3 Å². The molecule has 3 nitrogen and oxygen atoms in total. The molecule has 0 unspecified atom stereocenters. The van der Waals surface area contributed by atoms with Crippen LogP contribution in [0.25, 0.3) is 43.3 Å². The second-order valence-electron chi connectivity index (χ2n) is 4.76. The summed E-state index contributed by atoms with van der Waals surface area (Å²) in [7, 11) is 0. The highest BCUT2D eigenvalue weighted by atomic mass is 16.3. The molecule has 0 fully saturated rings. The molecule has 5 rings (SSSR count). The van der Waals surface area contributed by atoms with Gasteiger partial charge in [-0.05, 0) is 29.0 Å². The Bertz CT molecular complexity index is 975. The summed E-state index contributed by atoms with van der Waals surface area (Å²) in [5.41, 5.74) is 0.874. The van der Waals surface area contributed by atoms with Crippen LogP contribution in [0.15, 0.2) is 62.8 Å². The van der Waals surface area contributed by atoms with Crippen molar-refractivity contribution in [2.75, 3.05) is 0 Å². The summed E-state index contributed by atoms with van der Waals surface area (Å²) >= 11 is 0. The van der Waals surface area contributed by atoms with Gasteiger partial charge in [0.1, 0.15) is 11.8 Å². The fourth-order valence-electron chi connectivity index (χ4n) is 2.88. The number of fused-ring (bicyclic) bond motifs is 7. The first-order valence-electron chi connectivity index (χ1n) is 6.06. The van der Waals surface area contributed by atoms with Gasteiger partial charge in [0, 0.05) is 21.5 Å². The number of hydrogen-bond acceptors (Lipinski definition) is 3. The van der Waals surface area contributed by atoms with E-state index in [1.165, 1.54) is 0 Å². The standard InChI is InChI=1S/C16H8O3/c1-2-19-16-11(1)12-3-9-5-17-6-10(9)4-13(12)14-7-18-8-15(14)16/h1-8H. The maximum Gasteiger partial charge on any atom is 0.145 e. The quantitative estimate of drug-likeness (QED) is 0.383. The highest BCUT2D eigenvalue weighted by Gasteiger charge is 2.13. The van der Waals surface area contributed by atoms with E-state index in [1.807, 2.05) is 6.07 Å². The Balaban J connectivity index is 2.23. The van der Waals surface area contributed by atoms with Crippen LogP contribution >= 0.6 is 0 Å². The molecular formula is C16H8O3. The summed E-state index contributed by atoms with van der Waals surface area (Å²) in [5.74, 6) is 0. The summed E-state index contributed by atoms with van der Waals surface area (Å²) in [6.07, 6.45) is 8.75. The average molecular weight is 248 g/mol. The van der Waals surface area contributed by atoms with Gasteiger partial charge in [-0.2, -0.15) is 0 Å². The molecule has 2 aromatic carbocycles. The van der Waals surface area contributed by atoms with E-state index in [-0.39, 0.29) is 0 Å². The van der Waals surface area contributed by atoms with Crippen LogP contribution in [0.4, 0.5) is 0 Å². The second-order valence-corrected chi connectivity index (χ2v) is 4.76. The molecular weight excluding hydrogens is 240 g/mol. The maximum absolute atomic E-state index is 5.61. The first-order valence-corrected chi connectivity index (χ1v) is 6.06. The van der Waals surface area contributed by atoms with Crippen molar-refractivity contribution in [1.29, 1.82) is 0 Å². The molecule has 0 atom stereocenters. The summed E-state index contributed by atoms with van der Waals surface area (Å²) in [5, 5.41) is 7.69. The minimum Gasteiger partial charge on any atom is -0.471 e. The van der Waals surface area contributed by atoms with Crippen LogP contribution in [0, 0.1) is 0 Å². The van der Waals surface area contributed by atoms with E-state index in [2.05, 4.69) is 12.1 Å². The van der Waals surface area contributed by atoms with Crippen molar-refractivity contribution >= 4 is 43.3 Å². The summed E-state index contributed by atoms with van der Waals surface area (Å²) < 4.78 is 16.2. The fourth-order valence-corrected chi connectivity index (χ4v) is 2.88. The molecule has 0 spiro atoms. The van der Waals surface area contributed by atoms with Crippen LogP contribution in [-0.4, -0.2) is 0 Å². The van der Waals surface area contributed by atoms with Crippen molar-refractivity contribution in [3.63, 3.8) is 0 Å². The Morgan fingerprint density at radius 1 is 0.632 bits per heavy atom. The highest BCUT2D eigenvalue weighted by Crippen LogP contribution is 2.38. The minimum absolute atomic E-state index is 0.874. The van der Waals surface area contributed by atoms with Crippen molar-refractivity contribution in [3.05, 3.63) is 49.5 Å². The molecule has 0 bridgehead atoms. The molecule has 0 N–H and O–H groups in total. The molecule has 0 saturated carbocycles. The van der Waals surface area contributed by atoms with Crippen LogP contribution in [0.2, 0.25) is 0 Å². The van der Waals surface area contributed by atoms with E-state index >= 15 is 0 Å². The third kappa shape index (κ3) is 1.03. The fraction of sp³-hybridized carbons (Fsp3) is 0. The Morgan fingerprint density at radius 2 is 1.32 bits per heavy atom. The van der Waals surface area contributed by atoms with Crippen LogP contribution < -0.4 is 0 Å². The summed E-state index contributed by atoms with van der Waals surface area (Å²) in [4.78, 5) is 0. The van der Waals surface area contributed by atoms with Gasteiger partial charge in [0.2, 0.25) is 0 Å². The lowest BCUT2D eigenvalue weighted by molar-refractivity contribution is 0.571.